The molecular weight excluding hydrogens is 486 g/mol. The number of benzene rings is 2. The molecule has 0 atom stereocenters. The Morgan fingerprint density at radius 1 is 1.18 bits per heavy atom. The molecule has 1 aromatic heterocycles. The number of allylic oxidation sites excluding steroid dienone is 1. The summed E-state index contributed by atoms with van der Waals surface area (Å²) >= 11 is 3.41. The van der Waals surface area contributed by atoms with Gasteiger partial charge in [0.05, 0.1) is 25.3 Å². The molecule has 0 radical (unpaired) electrons. The number of nitrogen functional groups attached to an aromatic ring is 1. The van der Waals surface area contributed by atoms with E-state index in [9.17, 15) is 15.6 Å². The minimum absolute atomic E-state index is 0.0933. The molecule has 0 aliphatic heterocycles. The van der Waals surface area contributed by atoms with Crippen LogP contribution in [0.2, 0.25) is 0 Å². The van der Waals surface area contributed by atoms with Gasteiger partial charge in [-0.2, -0.15) is 15.6 Å². The van der Waals surface area contributed by atoms with E-state index in [-0.39, 0.29) is 35.8 Å². The van der Waals surface area contributed by atoms with Crippen molar-refractivity contribution in [3.05, 3.63) is 69.3 Å². The number of hydrogen-bond acceptors (Lipinski definition) is 7. The predicted molar refractivity (Wildman–Crippen MR) is 128 cm³/mol. The molecule has 0 spiro atoms. The van der Waals surface area contributed by atoms with Crippen molar-refractivity contribution < 1.29 is 14.6 Å². The number of ether oxygens (including phenoxy) is 2. The van der Waals surface area contributed by atoms with Crippen LogP contribution in [0.5, 0.6) is 11.5 Å². The van der Waals surface area contributed by atoms with Crippen molar-refractivity contribution >= 4 is 33.4 Å². The number of hydrogen-bond donors (Lipinski definition) is 2. The molecule has 8 nitrogen and oxygen atoms in total. The van der Waals surface area contributed by atoms with Crippen LogP contribution in [0.15, 0.2) is 46.9 Å². The maximum atomic E-state index is 9.72. The maximum absolute atomic E-state index is 9.72. The first-order chi connectivity index (χ1) is 16.0. The Bertz CT molecular complexity index is 1240. The second-order valence-electron chi connectivity index (χ2n) is 6.89. The molecule has 0 aliphatic carbocycles. The number of aliphatic hydroxyl groups excluding tert-OH is 1. The fourth-order valence-electron chi connectivity index (χ4n) is 3.10. The normalized spacial score (nSPS) is 11.0. The molecule has 3 aromatic rings. The van der Waals surface area contributed by atoms with Crippen molar-refractivity contribution in [2.75, 3.05) is 18.9 Å². The van der Waals surface area contributed by atoms with Crippen LogP contribution in [-0.4, -0.2) is 28.1 Å². The molecule has 0 saturated heterocycles. The Balaban J connectivity index is 1.91. The average Bonchev–Trinajstić information content (AvgIpc) is 3.13. The second kappa shape index (κ2) is 11.2. The summed E-state index contributed by atoms with van der Waals surface area (Å²) in [5, 5.41) is 32.6. The molecule has 2 aromatic carbocycles. The van der Waals surface area contributed by atoms with Gasteiger partial charge in [0, 0.05) is 4.47 Å². The van der Waals surface area contributed by atoms with Gasteiger partial charge >= 0.3 is 0 Å². The molecule has 0 aliphatic rings. The van der Waals surface area contributed by atoms with Crippen LogP contribution in [0.25, 0.3) is 11.6 Å². The largest absolute Gasteiger partial charge is 0.490 e. The highest BCUT2D eigenvalue weighted by molar-refractivity contribution is 9.10. The first kappa shape index (κ1) is 23.9. The highest BCUT2D eigenvalue weighted by atomic mass is 79.9. The Hall–Kier alpha value is -3.79. The number of aliphatic hydroxyl groups is 1. The first-order valence-corrected chi connectivity index (χ1v) is 10.9. The van der Waals surface area contributed by atoms with Crippen molar-refractivity contribution in [3.8, 4) is 23.6 Å². The standard InChI is InChI=1S/C24H22BrN5O3/c1-2-32-22-12-17(5-8-21(22)33-15-16-3-6-19(25)7-4-16)11-18(13-26)23-20(14-27)24(28)30(29-23)9-10-31/h3-8,11-12,31H,2,9-10,15,28H2,1H3/b18-11+. The molecule has 0 bridgehead atoms. The van der Waals surface area contributed by atoms with E-state index >= 15 is 0 Å². The lowest BCUT2D eigenvalue weighted by atomic mass is 10.1. The van der Waals surface area contributed by atoms with Crippen LogP contribution in [0.4, 0.5) is 5.82 Å². The summed E-state index contributed by atoms with van der Waals surface area (Å²) in [5.41, 5.74) is 8.06. The summed E-state index contributed by atoms with van der Waals surface area (Å²) in [4.78, 5) is 0. The van der Waals surface area contributed by atoms with Gasteiger partial charge in [-0.3, -0.25) is 0 Å². The lowest BCUT2D eigenvalue weighted by Crippen LogP contribution is -2.07. The third-order valence-electron chi connectivity index (χ3n) is 4.68. The van der Waals surface area contributed by atoms with Crippen molar-refractivity contribution in [2.24, 2.45) is 0 Å². The minimum Gasteiger partial charge on any atom is -0.490 e. The Labute approximate surface area is 200 Å². The fourth-order valence-corrected chi connectivity index (χ4v) is 3.37. The summed E-state index contributed by atoms with van der Waals surface area (Å²) in [6.07, 6.45) is 1.60. The van der Waals surface area contributed by atoms with Gasteiger partial charge in [0.2, 0.25) is 0 Å². The summed E-state index contributed by atoms with van der Waals surface area (Å²) in [7, 11) is 0. The smallest absolute Gasteiger partial charge is 0.161 e. The molecule has 3 N–H and O–H groups in total. The molecule has 0 amide bonds. The Kier molecular flexibility index (Phi) is 8.09. The van der Waals surface area contributed by atoms with E-state index in [0.717, 1.165) is 10.0 Å². The third kappa shape index (κ3) is 5.72. The minimum atomic E-state index is -0.193. The lowest BCUT2D eigenvalue weighted by Gasteiger charge is -2.13. The number of aromatic nitrogens is 2. The lowest BCUT2D eigenvalue weighted by molar-refractivity contribution is 0.269. The Morgan fingerprint density at radius 3 is 2.58 bits per heavy atom. The van der Waals surface area contributed by atoms with Crippen LogP contribution in [-0.2, 0) is 13.2 Å². The third-order valence-corrected chi connectivity index (χ3v) is 5.21. The van der Waals surface area contributed by atoms with Gasteiger partial charge in [-0.15, -0.1) is 0 Å². The highest BCUT2D eigenvalue weighted by Gasteiger charge is 2.19. The van der Waals surface area contributed by atoms with Gasteiger partial charge in [0.15, 0.2) is 11.5 Å². The van der Waals surface area contributed by atoms with Gasteiger partial charge in [0.25, 0.3) is 0 Å². The van der Waals surface area contributed by atoms with E-state index in [1.165, 1.54) is 4.68 Å². The summed E-state index contributed by atoms with van der Waals surface area (Å²) < 4.78 is 14.0. The van der Waals surface area contributed by atoms with Gasteiger partial charge in [0.1, 0.15) is 35.8 Å². The molecule has 9 heteroatoms. The van der Waals surface area contributed by atoms with E-state index in [1.54, 1.807) is 24.3 Å². The maximum Gasteiger partial charge on any atom is 0.161 e. The number of nitriles is 2. The van der Waals surface area contributed by atoms with Crippen LogP contribution < -0.4 is 15.2 Å². The number of anilines is 1. The van der Waals surface area contributed by atoms with Crippen LogP contribution in [0.1, 0.15) is 29.3 Å². The quantitative estimate of drug-likeness (QED) is 0.416. The van der Waals surface area contributed by atoms with Crippen LogP contribution >= 0.6 is 15.9 Å². The molecule has 3 rings (SSSR count). The van der Waals surface area contributed by atoms with E-state index in [2.05, 4.69) is 27.1 Å². The predicted octanol–water partition coefficient (Wildman–Crippen LogP) is 4.13. The zero-order valence-corrected chi connectivity index (χ0v) is 19.5. The second-order valence-corrected chi connectivity index (χ2v) is 7.81. The van der Waals surface area contributed by atoms with Crippen molar-refractivity contribution in [1.29, 1.82) is 10.5 Å². The zero-order valence-electron chi connectivity index (χ0n) is 18.0. The average molecular weight is 508 g/mol. The number of rotatable bonds is 9. The number of nitrogens with two attached hydrogens (primary N) is 1. The molecule has 168 valence electrons. The van der Waals surface area contributed by atoms with Crippen LogP contribution in [0.3, 0.4) is 0 Å². The van der Waals surface area contributed by atoms with E-state index in [1.807, 2.05) is 37.3 Å². The SMILES string of the molecule is CCOc1cc(/C=C(\C#N)c2nn(CCO)c(N)c2C#N)ccc1OCc1ccc(Br)cc1. The summed E-state index contributed by atoms with van der Waals surface area (Å²) in [6, 6.07) is 17.2. The van der Waals surface area contributed by atoms with Crippen LogP contribution in [0, 0.1) is 22.7 Å². The fraction of sp³-hybridized carbons (Fsp3) is 0.208. The Morgan fingerprint density at radius 2 is 1.94 bits per heavy atom. The monoisotopic (exact) mass is 507 g/mol. The van der Waals surface area contributed by atoms with Crippen molar-refractivity contribution in [2.45, 2.75) is 20.1 Å². The molecule has 0 saturated carbocycles. The highest BCUT2D eigenvalue weighted by Crippen LogP contribution is 2.32. The topological polar surface area (TPSA) is 130 Å². The van der Waals surface area contributed by atoms with Gasteiger partial charge in [-0.25, -0.2) is 4.68 Å². The molecular formula is C24H22BrN5O3. The van der Waals surface area contributed by atoms with E-state index < -0.39 is 0 Å². The molecule has 0 fully saturated rings. The summed E-state index contributed by atoms with van der Waals surface area (Å²) in [5.74, 6) is 1.21. The van der Waals surface area contributed by atoms with E-state index in [4.69, 9.17) is 15.2 Å². The summed E-state index contributed by atoms with van der Waals surface area (Å²) in [6.45, 7) is 2.61. The van der Waals surface area contributed by atoms with Gasteiger partial charge in [-0.1, -0.05) is 34.1 Å². The van der Waals surface area contributed by atoms with Crippen molar-refractivity contribution in [1.82, 2.24) is 9.78 Å². The molecule has 1 heterocycles. The van der Waals surface area contributed by atoms with Crippen molar-refractivity contribution in [3.63, 3.8) is 0 Å². The number of nitrogens with zero attached hydrogens (tertiary/aromatic N) is 4. The first-order valence-electron chi connectivity index (χ1n) is 10.1. The van der Waals surface area contributed by atoms with Gasteiger partial charge < -0.3 is 20.3 Å². The van der Waals surface area contributed by atoms with E-state index in [0.29, 0.717) is 30.3 Å². The van der Waals surface area contributed by atoms with Gasteiger partial charge in [-0.05, 0) is 48.4 Å². The molecule has 0 unspecified atom stereocenters. The zero-order chi connectivity index (χ0) is 23.8. The molecule has 33 heavy (non-hydrogen) atoms. The number of halogens is 1.